The van der Waals surface area contributed by atoms with Crippen LogP contribution >= 0.6 is 0 Å². The predicted molar refractivity (Wildman–Crippen MR) is 47.8 cm³/mol. The van der Waals surface area contributed by atoms with Gasteiger partial charge in [-0.3, -0.25) is 0 Å². The predicted octanol–water partition coefficient (Wildman–Crippen LogP) is 3.39. The van der Waals surface area contributed by atoms with E-state index in [2.05, 4.69) is 4.98 Å². The van der Waals surface area contributed by atoms with Crippen molar-refractivity contribution in [2.75, 3.05) is 11.9 Å². The van der Waals surface area contributed by atoms with Crippen molar-refractivity contribution in [1.82, 2.24) is 4.98 Å². The van der Waals surface area contributed by atoms with Crippen molar-refractivity contribution in [1.29, 1.82) is 0 Å². The third kappa shape index (κ3) is 3.74. The lowest BCUT2D eigenvalue weighted by Crippen LogP contribution is -2.14. The quantitative estimate of drug-likeness (QED) is 0.518. The van der Waals surface area contributed by atoms with Crippen LogP contribution < -0.4 is 5.32 Å². The number of halogens is 7. The molecule has 0 aliphatic carbocycles. The fourth-order valence-electron chi connectivity index (χ4n) is 1.14. The van der Waals surface area contributed by atoms with Crippen LogP contribution in [0.5, 0.6) is 0 Å². The zero-order valence-electron chi connectivity index (χ0n) is 8.71. The summed E-state index contributed by atoms with van der Waals surface area (Å²) >= 11 is 0. The van der Waals surface area contributed by atoms with Gasteiger partial charge in [0.1, 0.15) is 5.69 Å². The van der Waals surface area contributed by atoms with Crippen LogP contribution in [0, 0.1) is 23.5 Å². The van der Waals surface area contributed by atoms with Gasteiger partial charge in [-0.05, 0) is 6.42 Å². The third-order valence-electron chi connectivity index (χ3n) is 1.94. The van der Waals surface area contributed by atoms with Gasteiger partial charge < -0.3 is 5.32 Å². The van der Waals surface area contributed by atoms with Crippen molar-refractivity contribution in [2.45, 2.75) is 19.0 Å². The van der Waals surface area contributed by atoms with Gasteiger partial charge in [0.2, 0.25) is 11.6 Å². The summed E-state index contributed by atoms with van der Waals surface area (Å²) < 4.78 is 86.4. The Labute approximate surface area is 96.8 Å². The molecule has 0 spiro atoms. The molecule has 0 atom stereocenters. The van der Waals surface area contributed by atoms with E-state index < -0.39 is 54.8 Å². The Balaban J connectivity index is 2.68. The summed E-state index contributed by atoms with van der Waals surface area (Å²) in [6.45, 7) is -0.490. The summed E-state index contributed by atoms with van der Waals surface area (Å²) in [6, 6.07) is 0. The summed E-state index contributed by atoms with van der Waals surface area (Å²) in [5.41, 5.74) is -1.16. The van der Waals surface area contributed by atoms with Crippen LogP contribution in [0.15, 0.2) is 0 Å². The first-order valence-corrected chi connectivity index (χ1v) is 4.73. The van der Waals surface area contributed by atoms with Crippen LogP contribution in [-0.2, 0) is 0 Å². The molecule has 1 rings (SSSR count). The molecule has 0 saturated carbocycles. The fraction of sp³-hybridized carbons (Fsp3) is 0.444. The largest absolute Gasteiger partial charge is 0.389 e. The molecule has 0 bridgehead atoms. The van der Waals surface area contributed by atoms with Crippen molar-refractivity contribution in [3.8, 4) is 0 Å². The molecule has 1 aromatic heterocycles. The molecule has 1 heterocycles. The standard InChI is InChI=1S/C9H7F7N2/c10-4-6(5(11)8(13)18-7(4)12)17-3-1-2-9(14,15)16/h1-3H2,(H,17,18). The van der Waals surface area contributed by atoms with Gasteiger partial charge in [0.25, 0.3) is 11.9 Å². The van der Waals surface area contributed by atoms with E-state index in [9.17, 15) is 30.7 Å². The first-order valence-electron chi connectivity index (χ1n) is 4.73. The van der Waals surface area contributed by atoms with Crippen molar-refractivity contribution in [2.24, 2.45) is 0 Å². The zero-order valence-corrected chi connectivity index (χ0v) is 8.71. The molecule has 0 fully saturated rings. The van der Waals surface area contributed by atoms with Gasteiger partial charge in [0, 0.05) is 13.0 Å². The lowest BCUT2D eigenvalue weighted by atomic mass is 10.3. The number of alkyl halides is 3. The first-order chi connectivity index (χ1) is 8.22. The summed E-state index contributed by atoms with van der Waals surface area (Å²) in [5, 5.41) is 1.87. The highest BCUT2D eigenvalue weighted by Gasteiger charge is 2.26. The molecule has 0 radical (unpaired) electrons. The summed E-state index contributed by atoms with van der Waals surface area (Å²) in [6.07, 6.45) is -6.08. The normalized spacial score (nSPS) is 11.7. The number of nitrogens with zero attached hydrogens (tertiary/aromatic N) is 1. The van der Waals surface area contributed by atoms with E-state index in [0.29, 0.717) is 0 Å². The Hall–Kier alpha value is -1.54. The number of anilines is 1. The second-order valence-electron chi connectivity index (χ2n) is 3.34. The maximum Gasteiger partial charge on any atom is 0.389 e. The molecule has 0 aliphatic rings. The van der Waals surface area contributed by atoms with E-state index in [-0.39, 0.29) is 0 Å². The highest BCUT2D eigenvalue weighted by Crippen LogP contribution is 2.24. The van der Waals surface area contributed by atoms with Crippen molar-refractivity contribution < 1.29 is 30.7 Å². The minimum absolute atomic E-state index is 0.490. The molecule has 102 valence electrons. The number of rotatable bonds is 4. The second kappa shape index (κ2) is 5.40. The molecule has 0 amide bonds. The van der Waals surface area contributed by atoms with E-state index in [0.717, 1.165) is 0 Å². The summed E-state index contributed by atoms with van der Waals surface area (Å²) in [7, 11) is 0. The second-order valence-corrected chi connectivity index (χ2v) is 3.34. The minimum atomic E-state index is -4.41. The van der Waals surface area contributed by atoms with E-state index in [1.165, 1.54) is 0 Å². The van der Waals surface area contributed by atoms with Gasteiger partial charge in [-0.25, -0.2) is 0 Å². The van der Waals surface area contributed by atoms with E-state index >= 15 is 0 Å². The number of pyridine rings is 1. The van der Waals surface area contributed by atoms with Crippen LogP contribution in [0.3, 0.4) is 0 Å². The van der Waals surface area contributed by atoms with Gasteiger partial charge in [0.05, 0.1) is 0 Å². The molecule has 0 aliphatic heterocycles. The molecule has 1 N–H and O–H groups in total. The highest BCUT2D eigenvalue weighted by atomic mass is 19.4. The van der Waals surface area contributed by atoms with Gasteiger partial charge >= 0.3 is 6.18 Å². The van der Waals surface area contributed by atoms with Crippen molar-refractivity contribution in [3.63, 3.8) is 0 Å². The van der Waals surface area contributed by atoms with Crippen molar-refractivity contribution >= 4 is 5.69 Å². The van der Waals surface area contributed by atoms with Gasteiger partial charge in [-0.15, -0.1) is 0 Å². The topological polar surface area (TPSA) is 24.9 Å². The smallest absolute Gasteiger partial charge is 0.380 e. The molecule has 0 unspecified atom stereocenters. The van der Waals surface area contributed by atoms with Crippen LogP contribution in [0.4, 0.5) is 36.4 Å². The van der Waals surface area contributed by atoms with Crippen molar-refractivity contribution in [3.05, 3.63) is 23.5 Å². The average molecular weight is 276 g/mol. The fourth-order valence-corrected chi connectivity index (χ4v) is 1.14. The highest BCUT2D eigenvalue weighted by molar-refractivity contribution is 5.45. The monoisotopic (exact) mass is 276 g/mol. The number of hydrogen-bond acceptors (Lipinski definition) is 2. The van der Waals surface area contributed by atoms with Crippen LogP contribution in [0.1, 0.15) is 12.8 Å². The number of hydrogen-bond donors (Lipinski definition) is 1. The van der Waals surface area contributed by atoms with Gasteiger partial charge in [0.15, 0.2) is 0 Å². The molecule has 2 nitrogen and oxygen atoms in total. The molecule has 9 heteroatoms. The Morgan fingerprint density at radius 3 is 1.89 bits per heavy atom. The molecular formula is C9H7F7N2. The van der Waals surface area contributed by atoms with Gasteiger partial charge in [-0.1, -0.05) is 0 Å². The lowest BCUT2D eigenvalue weighted by Gasteiger charge is -2.10. The maximum atomic E-state index is 13.0. The Morgan fingerprint density at radius 1 is 0.944 bits per heavy atom. The molecule has 1 aromatic rings. The Bertz CT molecular complexity index is 404. The number of nitrogens with one attached hydrogen (secondary N) is 1. The molecular weight excluding hydrogens is 269 g/mol. The average Bonchev–Trinajstić information content (AvgIpc) is 2.24. The van der Waals surface area contributed by atoms with E-state index in [1.54, 1.807) is 0 Å². The zero-order chi connectivity index (χ0) is 13.9. The molecule has 0 saturated heterocycles. The summed E-state index contributed by atoms with van der Waals surface area (Å²) in [5.74, 6) is -7.29. The Morgan fingerprint density at radius 2 is 1.44 bits per heavy atom. The maximum absolute atomic E-state index is 13.0. The van der Waals surface area contributed by atoms with Gasteiger partial charge in [-0.2, -0.15) is 35.7 Å². The lowest BCUT2D eigenvalue weighted by molar-refractivity contribution is -0.134. The number of aromatic nitrogens is 1. The van der Waals surface area contributed by atoms with E-state index in [1.807, 2.05) is 5.32 Å². The Kier molecular flexibility index (Phi) is 4.36. The molecule has 0 aromatic carbocycles. The summed E-state index contributed by atoms with van der Waals surface area (Å²) in [4.78, 5) is 2.30. The van der Waals surface area contributed by atoms with E-state index in [4.69, 9.17) is 0 Å². The SMILES string of the molecule is Fc1nc(F)c(F)c(NCCCC(F)(F)F)c1F. The van der Waals surface area contributed by atoms with Crippen LogP contribution in [0.25, 0.3) is 0 Å². The third-order valence-corrected chi connectivity index (χ3v) is 1.94. The van der Waals surface area contributed by atoms with Crippen LogP contribution in [-0.4, -0.2) is 17.7 Å². The first kappa shape index (κ1) is 14.5. The molecule has 18 heavy (non-hydrogen) atoms. The minimum Gasteiger partial charge on any atom is -0.380 e. The van der Waals surface area contributed by atoms with Crippen LogP contribution in [0.2, 0.25) is 0 Å².